The van der Waals surface area contributed by atoms with E-state index >= 15 is 0 Å². The monoisotopic (exact) mass is 706 g/mol. The molecule has 2 heterocycles. The first-order valence-corrected chi connectivity index (χ1v) is 18.2. The van der Waals surface area contributed by atoms with Crippen LogP contribution in [0.4, 0.5) is 0 Å². The fraction of sp³-hybridized carbons (Fsp3) is 0.0204. The summed E-state index contributed by atoms with van der Waals surface area (Å²) in [7, 11) is 0. The van der Waals surface area contributed by atoms with Crippen molar-refractivity contribution in [3.8, 4) is 90.6 Å². The molecule has 6 heteroatoms. The van der Waals surface area contributed by atoms with Crippen molar-refractivity contribution in [1.82, 2.24) is 29.9 Å². The maximum atomic E-state index is 5.09. The van der Waals surface area contributed by atoms with E-state index in [9.17, 15) is 0 Å². The van der Waals surface area contributed by atoms with Gasteiger partial charge in [0, 0.05) is 33.4 Å². The predicted molar refractivity (Wildman–Crippen MR) is 221 cm³/mol. The van der Waals surface area contributed by atoms with Gasteiger partial charge in [-0.2, -0.15) is 0 Å². The molecule has 55 heavy (non-hydrogen) atoms. The second-order valence-electron chi connectivity index (χ2n) is 13.3. The summed E-state index contributed by atoms with van der Waals surface area (Å²) in [5.74, 6) is 3.70. The summed E-state index contributed by atoms with van der Waals surface area (Å²) in [4.78, 5) is 29.9. The van der Waals surface area contributed by atoms with E-state index in [0.29, 0.717) is 34.9 Å². The van der Waals surface area contributed by atoms with Crippen LogP contribution in [0.15, 0.2) is 188 Å². The number of benzene rings is 7. The van der Waals surface area contributed by atoms with Crippen molar-refractivity contribution in [2.24, 2.45) is 0 Å². The Kier molecular flexibility index (Phi) is 9.04. The summed E-state index contributed by atoms with van der Waals surface area (Å²) in [6, 6.07) is 63.6. The van der Waals surface area contributed by atoms with Gasteiger partial charge < -0.3 is 0 Å². The highest BCUT2D eigenvalue weighted by atomic mass is 15.0. The maximum Gasteiger partial charge on any atom is 0.164 e. The van der Waals surface area contributed by atoms with Gasteiger partial charge >= 0.3 is 0 Å². The number of hydrogen-bond acceptors (Lipinski definition) is 6. The van der Waals surface area contributed by atoms with Crippen LogP contribution >= 0.6 is 0 Å². The summed E-state index contributed by atoms with van der Waals surface area (Å²) in [5, 5.41) is 0. The average molecular weight is 707 g/mol. The minimum Gasteiger partial charge on any atom is -0.208 e. The third-order valence-electron chi connectivity index (χ3n) is 9.52. The van der Waals surface area contributed by atoms with E-state index in [0.717, 1.165) is 61.2 Å². The van der Waals surface area contributed by atoms with Crippen molar-refractivity contribution in [1.29, 1.82) is 0 Å². The fourth-order valence-electron chi connectivity index (χ4n) is 6.65. The minimum atomic E-state index is 0.601. The van der Waals surface area contributed by atoms with Gasteiger partial charge in [-0.1, -0.05) is 170 Å². The normalized spacial score (nSPS) is 11.0. The van der Waals surface area contributed by atoms with Crippen LogP contribution in [0.2, 0.25) is 0 Å². The molecule has 0 aliphatic heterocycles. The standard InChI is InChI=1S/C49H34N6/c1-33-28-29-42(49-54-46(37-22-12-5-13-23-37)53-47(55-49)40-26-14-24-38(30-40)34-16-6-2-7-17-34)32-43(33)39-25-15-27-41(31-39)48-51-44(35-18-8-3-9-19-35)50-45(52-48)36-20-10-4-11-21-36/h2-32H,1H3. The molecule has 0 aliphatic carbocycles. The van der Waals surface area contributed by atoms with E-state index < -0.39 is 0 Å². The highest BCUT2D eigenvalue weighted by molar-refractivity contribution is 5.78. The molecule has 0 N–H and O–H groups in total. The van der Waals surface area contributed by atoms with Crippen molar-refractivity contribution < 1.29 is 0 Å². The van der Waals surface area contributed by atoms with Crippen LogP contribution < -0.4 is 0 Å². The molecule has 9 rings (SSSR count). The quantitative estimate of drug-likeness (QED) is 0.157. The van der Waals surface area contributed by atoms with Crippen LogP contribution in [0.3, 0.4) is 0 Å². The number of aryl methyl sites for hydroxylation is 1. The van der Waals surface area contributed by atoms with Gasteiger partial charge in [-0.3, -0.25) is 0 Å². The Labute approximate surface area is 320 Å². The summed E-state index contributed by atoms with van der Waals surface area (Å²) >= 11 is 0. The van der Waals surface area contributed by atoms with Crippen molar-refractivity contribution in [2.75, 3.05) is 0 Å². The lowest BCUT2D eigenvalue weighted by molar-refractivity contribution is 1.07. The van der Waals surface area contributed by atoms with Crippen LogP contribution in [-0.2, 0) is 0 Å². The molecule has 6 nitrogen and oxygen atoms in total. The van der Waals surface area contributed by atoms with Crippen LogP contribution in [0.1, 0.15) is 5.56 Å². The predicted octanol–water partition coefficient (Wildman–Crippen LogP) is 11.7. The van der Waals surface area contributed by atoms with Crippen molar-refractivity contribution in [2.45, 2.75) is 6.92 Å². The van der Waals surface area contributed by atoms with Crippen molar-refractivity contribution >= 4 is 0 Å². The Morgan fingerprint density at radius 3 is 0.982 bits per heavy atom. The molecule has 0 spiro atoms. The molecular formula is C49H34N6. The van der Waals surface area contributed by atoms with Gasteiger partial charge in [0.1, 0.15) is 0 Å². The maximum absolute atomic E-state index is 5.09. The van der Waals surface area contributed by atoms with Crippen molar-refractivity contribution in [3.05, 3.63) is 194 Å². The molecule has 0 amide bonds. The molecule has 0 saturated carbocycles. The summed E-state index contributed by atoms with van der Waals surface area (Å²) in [6.07, 6.45) is 0. The van der Waals surface area contributed by atoms with Gasteiger partial charge in [0.25, 0.3) is 0 Å². The molecule has 0 fully saturated rings. The van der Waals surface area contributed by atoms with Gasteiger partial charge in [0.05, 0.1) is 0 Å². The minimum absolute atomic E-state index is 0.601. The van der Waals surface area contributed by atoms with E-state index in [1.54, 1.807) is 0 Å². The second kappa shape index (κ2) is 14.9. The second-order valence-corrected chi connectivity index (χ2v) is 13.3. The third-order valence-corrected chi connectivity index (χ3v) is 9.52. The Bertz CT molecular complexity index is 2700. The highest BCUT2D eigenvalue weighted by Gasteiger charge is 2.16. The van der Waals surface area contributed by atoms with Crippen LogP contribution in [-0.4, -0.2) is 29.9 Å². The molecule has 2 aromatic heterocycles. The van der Waals surface area contributed by atoms with Crippen molar-refractivity contribution in [3.63, 3.8) is 0 Å². The van der Waals surface area contributed by atoms with Gasteiger partial charge in [0.2, 0.25) is 0 Å². The summed E-state index contributed by atoms with van der Waals surface area (Å²) in [6.45, 7) is 2.12. The molecule has 0 radical (unpaired) electrons. The molecule has 0 atom stereocenters. The first-order chi connectivity index (χ1) is 27.1. The Morgan fingerprint density at radius 2 is 0.545 bits per heavy atom. The largest absolute Gasteiger partial charge is 0.208 e. The van der Waals surface area contributed by atoms with E-state index in [4.69, 9.17) is 29.9 Å². The van der Waals surface area contributed by atoms with Gasteiger partial charge in [-0.15, -0.1) is 0 Å². The SMILES string of the molecule is Cc1ccc(-c2nc(-c3ccccc3)nc(-c3cccc(-c4ccccc4)c3)n2)cc1-c1cccc(-c2nc(-c3ccccc3)nc(-c3ccccc3)n2)c1. The zero-order valence-corrected chi connectivity index (χ0v) is 30.1. The first-order valence-electron chi connectivity index (χ1n) is 18.2. The number of rotatable bonds is 8. The van der Waals surface area contributed by atoms with Crippen LogP contribution in [0.25, 0.3) is 90.6 Å². The summed E-state index contributed by atoms with van der Waals surface area (Å²) < 4.78 is 0. The lowest BCUT2D eigenvalue weighted by Crippen LogP contribution is -2.01. The zero-order valence-electron chi connectivity index (χ0n) is 30.1. The van der Waals surface area contributed by atoms with E-state index in [1.165, 1.54) is 0 Å². The molecule has 0 unspecified atom stereocenters. The number of nitrogens with zero attached hydrogens (tertiary/aromatic N) is 6. The fourth-order valence-corrected chi connectivity index (χ4v) is 6.65. The number of aromatic nitrogens is 6. The molecular weight excluding hydrogens is 673 g/mol. The summed E-state index contributed by atoms with van der Waals surface area (Å²) in [5.41, 5.74) is 11.0. The molecule has 7 aromatic carbocycles. The van der Waals surface area contributed by atoms with E-state index in [1.807, 2.05) is 97.1 Å². The average Bonchev–Trinajstić information content (AvgIpc) is 3.27. The van der Waals surface area contributed by atoms with E-state index in [2.05, 4.69) is 97.9 Å². The Hall–Kier alpha value is -7.44. The Morgan fingerprint density at radius 1 is 0.236 bits per heavy atom. The van der Waals surface area contributed by atoms with Gasteiger partial charge in [-0.25, -0.2) is 29.9 Å². The first kappa shape index (κ1) is 33.4. The smallest absolute Gasteiger partial charge is 0.164 e. The Balaban J connectivity index is 1.14. The topological polar surface area (TPSA) is 77.3 Å². The van der Waals surface area contributed by atoms with E-state index in [-0.39, 0.29) is 0 Å². The highest BCUT2D eigenvalue weighted by Crippen LogP contribution is 2.33. The molecule has 9 aromatic rings. The lowest BCUT2D eigenvalue weighted by Gasteiger charge is -2.13. The molecule has 260 valence electrons. The van der Waals surface area contributed by atoms with Crippen LogP contribution in [0, 0.1) is 6.92 Å². The third kappa shape index (κ3) is 7.17. The molecule has 0 aliphatic rings. The lowest BCUT2D eigenvalue weighted by atomic mass is 9.96. The number of hydrogen-bond donors (Lipinski definition) is 0. The molecule has 0 saturated heterocycles. The zero-order chi connectivity index (χ0) is 37.0. The van der Waals surface area contributed by atoms with Gasteiger partial charge in [0.15, 0.2) is 34.9 Å². The van der Waals surface area contributed by atoms with Gasteiger partial charge in [-0.05, 0) is 52.9 Å². The molecule has 0 bridgehead atoms. The van der Waals surface area contributed by atoms with Crippen LogP contribution in [0.5, 0.6) is 0 Å².